The molecule has 22 heavy (non-hydrogen) atoms. The highest BCUT2D eigenvalue weighted by Gasteiger charge is 2.32. The molecule has 1 aromatic carbocycles. The molecule has 0 amide bonds. The molecule has 1 atom stereocenters. The Morgan fingerprint density at radius 2 is 1.77 bits per heavy atom. The molecular formula is C16H27Cl2FN2O. The molecule has 2 rings (SSSR count). The van der Waals surface area contributed by atoms with E-state index in [1.54, 1.807) is 12.1 Å². The van der Waals surface area contributed by atoms with Crippen molar-refractivity contribution >= 4 is 24.8 Å². The van der Waals surface area contributed by atoms with Crippen LogP contribution in [0.1, 0.15) is 32.4 Å². The van der Waals surface area contributed by atoms with Gasteiger partial charge in [0, 0.05) is 32.2 Å². The van der Waals surface area contributed by atoms with Crippen molar-refractivity contribution in [2.75, 3.05) is 33.3 Å². The Bertz CT molecular complexity index is 460. The first kappa shape index (κ1) is 21.4. The zero-order valence-corrected chi connectivity index (χ0v) is 15.3. The molecule has 1 fully saturated rings. The maximum Gasteiger partial charge on any atom is 0.165 e. The molecule has 0 spiro atoms. The minimum atomic E-state index is -0.283. The number of methoxy groups -OCH3 is 1. The van der Waals surface area contributed by atoms with E-state index in [1.165, 1.54) is 7.11 Å². The predicted octanol–water partition coefficient (Wildman–Crippen LogP) is 3.67. The number of rotatable bonds is 3. The number of nitrogens with zero attached hydrogens (tertiary/aromatic N) is 1. The van der Waals surface area contributed by atoms with Gasteiger partial charge in [0.15, 0.2) is 11.6 Å². The van der Waals surface area contributed by atoms with Crippen LogP contribution < -0.4 is 10.1 Å². The quantitative estimate of drug-likeness (QED) is 0.897. The summed E-state index contributed by atoms with van der Waals surface area (Å²) < 4.78 is 19.0. The molecule has 0 aromatic heterocycles. The van der Waals surface area contributed by atoms with Crippen LogP contribution in [0, 0.1) is 11.2 Å². The molecule has 1 aliphatic rings. The topological polar surface area (TPSA) is 24.5 Å². The second-order valence-electron chi connectivity index (χ2n) is 6.45. The number of piperazine rings is 1. The van der Waals surface area contributed by atoms with E-state index in [0.29, 0.717) is 5.75 Å². The van der Waals surface area contributed by atoms with Gasteiger partial charge in [-0.15, -0.1) is 24.8 Å². The fourth-order valence-corrected chi connectivity index (χ4v) is 3.05. The molecule has 1 heterocycles. The SMILES string of the molecule is COc1ccc([C@H](N2CCNCC2)C(C)(C)C)cc1F.Cl.Cl. The van der Waals surface area contributed by atoms with Crippen molar-refractivity contribution in [1.29, 1.82) is 0 Å². The van der Waals surface area contributed by atoms with E-state index in [0.717, 1.165) is 31.7 Å². The normalized spacial score (nSPS) is 17.1. The number of halogens is 3. The van der Waals surface area contributed by atoms with Crippen LogP contribution in [-0.2, 0) is 0 Å². The lowest BCUT2D eigenvalue weighted by Crippen LogP contribution is -2.48. The molecule has 1 aromatic rings. The van der Waals surface area contributed by atoms with E-state index in [-0.39, 0.29) is 42.1 Å². The Morgan fingerprint density at radius 3 is 2.23 bits per heavy atom. The van der Waals surface area contributed by atoms with Crippen molar-refractivity contribution in [2.24, 2.45) is 5.41 Å². The summed E-state index contributed by atoms with van der Waals surface area (Å²) in [7, 11) is 1.50. The number of benzene rings is 1. The van der Waals surface area contributed by atoms with Gasteiger partial charge in [0.1, 0.15) is 0 Å². The van der Waals surface area contributed by atoms with Gasteiger partial charge in [0.25, 0.3) is 0 Å². The Morgan fingerprint density at radius 1 is 1.18 bits per heavy atom. The van der Waals surface area contributed by atoms with E-state index >= 15 is 0 Å². The summed E-state index contributed by atoms with van der Waals surface area (Å²) >= 11 is 0. The van der Waals surface area contributed by atoms with Gasteiger partial charge >= 0.3 is 0 Å². The maximum atomic E-state index is 14.0. The lowest BCUT2D eigenvalue weighted by Gasteiger charge is -2.42. The molecule has 0 unspecified atom stereocenters. The minimum absolute atomic E-state index is 0. The highest BCUT2D eigenvalue weighted by atomic mass is 35.5. The fourth-order valence-electron chi connectivity index (χ4n) is 3.05. The van der Waals surface area contributed by atoms with Crippen LogP contribution in [0.2, 0.25) is 0 Å². The Labute approximate surface area is 145 Å². The van der Waals surface area contributed by atoms with Gasteiger partial charge in [-0.2, -0.15) is 0 Å². The monoisotopic (exact) mass is 352 g/mol. The predicted molar refractivity (Wildman–Crippen MR) is 94.1 cm³/mol. The number of ether oxygens (including phenoxy) is 1. The Kier molecular flexibility index (Phi) is 8.70. The first-order chi connectivity index (χ1) is 9.43. The average molecular weight is 353 g/mol. The molecular weight excluding hydrogens is 326 g/mol. The van der Waals surface area contributed by atoms with E-state index in [2.05, 4.69) is 31.0 Å². The molecule has 3 nitrogen and oxygen atoms in total. The van der Waals surface area contributed by atoms with Gasteiger partial charge in [0.05, 0.1) is 7.11 Å². The molecule has 0 saturated carbocycles. The van der Waals surface area contributed by atoms with Crippen LogP contribution in [0.25, 0.3) is 0 Å². The number of hydrogen-bond acceptors (Lipinski definition) is 3. The molecule has 0 radical (unpaired) electrons. The second-order valence-corrected chi connectivity index (χ2v) is 6.45. The summed E-state index contributed by atoms with van der Waals surface area (Å²) in [6, 6.07) is 5.55. The highest BCUT2D eigenvalue weighted by Crippen LogP contribution is 2.39. The first-order valence-corrected chi connectivity index (χ1v) is 7.21. The zero-order valence-electron chi connectivity index (χ0n) is 13.7. The largest absolute Gasteiger partial charge is 0.494 e. The molecule has 0 bridgehead atoms. The first-order valence-electron chi connectivity index (χ1n) is 7.21. The van der Waals surface area contributed by atoms with Gasteiger partial charge in [-0.1, -0.05) is 26.8 Å². The minimum Gasteiger partial charge on any atom is -0.494 e. The van der Waals surface area contributed by atoms with Crippen LogP contribution in [-0.4, -0.2) is 38.2 Å². The van der Waals surface area contributed by atoms with E-state index in [9.17, 15) is 4.39 Å². The molecule has 1 saturated heterocycles. The Hall–Kier alpha value is -0.550. The van der Waals surface area contributed by atoms with Crippen LogP contribution in [0.15, 0.2) is 18.2 Å². The van der Waals surface area contributed by atoms with Gasteiger partial charge in [-0.3, -0.25) is 4.90 Å². The zero-order chi connectivity index (χ0) is 14.8. The van der Waals surface area contributed by atoms with Crippen LogP contribution in [0.5, 0.6) is 5.75 Å². The van der Waals surface area contributed by atoms with Gasteiger partial charge < -0.3 is 10.1 Å². The summed E-state index contributed by atoms with van der Waals surface area (Å²) in [5, 5.41) is 3.37. The van der Waals surface area contributed by atoms with E-state index < -0.39 is 0 Å². The summed E-state index contributed by atoms with van der Waals surface area (Å²) in [6.07, 6.45) is 0. The lowest BCUT2D eigenvalue weighted by atomic mass is 9.81. The second kappa shape index (κ2) is 8.92. The van der Waals surface area contributed by atoms with Crippen molar-refractivity contribution in [3.8, 4) is 5.75 Å². The summed E-state index contributed by atoms with van der Waals surface area (Å²) in [5.74, 6) is 0.0242. The molecule has 6 heteroatoms. The molecule has 1 aliphatic heterocycles. The molecule has 128 valence electrons. The van der Waals surface area contributed by atoms with Crippen molar-refractivity contribution < 1.29 is 9.13 Å². The highest BCUT2D eigenvalue weighted by molar-refractivity contribution is 5.85. The Balaban J connectivity index is 0.00000220. The third-order valence-electron chi connectivity index (χ3n) is 3.83. The summed E-state index contributed by atoms with van der Waals surface area (Å²) in [6.45, 7) is 10.6. The van der Waals surface area contributed by atoms with Crippen LogP contribution in [0.3, 0.4) is 0 Å². The van der Waals surface area contributed by atoms with Crippen molar-refractivity contribution in [3.63, 3.8) is 0 Å². The summed E-state index contributed by atoms with van der Waals surface area (Å²) in [4.78, 5) is 2.44. The van der Waals surface area contributed by atoms with Crippen LogP contribution >= 0.6 is 24.8 Å². The number of nitrogens with one attached hydrogen (secondary N) is 1. The molecule has 1 N–H and O–H groups in total. The van der Waals surface area contributed by atoms with Gasteiger partial charge in [0.2, 0.25) is 0 Å². The van der Waals surface area contributed by atoms with Crippen molar-refractivity contribution in [3.05, 3.63) is 29.6 Å². The standard InChI is InChI=1S/C16H25FN2O.2ClH/c1-16(2,3)15(19-9-7-18-8-10-19)12-5-6-14(20-4)13(17)11-12;;/h5-6,11,15,18H,7-10H2,1-4H3;2*1H/t15-;;/m0../s1. The van der Waals surface area contributed by atoms with Crippen molar-refractivity contribution in [1.82, 2.24) is 10.2 Å². The fraction of sp³-hybridized carbons (Fsp3) is 0.625. The third kappa shape index (κ3) is 4.98. The smallest absolute Gasteiger partial charge is 0.165 e. The van der Waals surface area contributed by atoms with E-state index in [4.69, 9.17) is 4.74 Å². The van der Waals surface area contributed by atoms with E-state index in [1.807, 2.05) is 6.07 Å². The molecule has 0 aliphatic carbocycles. The third-order valence-corrected chi connectivity index (χ3v) is 3.83. The van der Waals surface area contributed by atoms with Gasteiger partial charge in [-0.05, 0) is 23.1 Å². The van der Waals surface area contributed by atoms with Gasteiger partial charge in [-0.25, -0.2) is 4.39 Å². The number of hydrogen-bond donors (Lipinski definition) is 1. The van der Waals surface area contributed by atoms with Crippen LogP contribution in [0.4, 0.5) is 4.39 Å². The van der Waals surface area contributed by atoms with Crippen molar-refractivity contribution in [2.45, 2.75) is 26.8 Å². The average Bonchev–Trinajstić information content (AvgIpc) is 2.39. The summed E-state index contributed by atoms with van der Waals surface area (Å²) in [5.41, 5.74) is 1.08. The lowest BCUT2D eigenvalue weighted by molar-refractivity contribution is 0.0859. The maximum absolute atomic E-state index is 14.0.